The van der Waals surface area contributed by atoms with Crippen LogP contribution in [-0.4, -0.2) is 52.6 Å². The second kappa shape index (κ2) is 7.45. The average molecular weight is 368 g/mol. The molecule has 1 fully saturated rings. The number of alkyl halides is 3. The van der Waals surface area contributed by atoms with E-state index in [2.05, 4.69) is 10.3 Å². The first kappa shape index (κ1) is 18.4. The molecule has 9 heteroatoms. The normalized spacial score (nSPS) is 17.7. The van der Waals surface area contributed by atoms with Gasteiger partial charge in [0.15, 0.2) is 5.69 Å². The minimum absolute atomic E-state index is 0.0743. The van der Waals surface area contributed by atoms with Crippen LogP contribution in [-0.2, 0) is 17.5 Å². The van der Waals surface area contributed by atoms with Gasteiger partial charge in [-0.2, -0.15) is 13.2 Å². The molecule has 0 saturated carbocycles. The van der Waals surface area contributed by atoms with Crippen molar-refractivity contribution in [2.75, 3.05) is 26.8 Å². The summed E-state index contributed by atoms with van der Waals surface area (Å²) in [7, 11) is 1.62. The maximum absolute atomic E-state index is 13.1. The van der Waals surface area contributed by atoms with Crippen molar-refractivity contribution in [3.05, 3.63) is 47.3 Å². The Morgan fingerprint density at radius 3 is 2.85 bits per heavy atom. The van der Waals surface area contributed by atoms with Gasteiger partial charge in [-0.05, 0) is 18.1 Å². The van der Waals surface area contributed by atoms with E-state index in [1.807, 2.05) is 0 Å². The number of aromatic nitrogens is 3. The molecule has 6 nitrogen and oxygen atoms in total. The molecule has 0 bridgehead atoms. The molecule has 1 saturated heterocycles. The molecule has 1 aromatic carbocycles. The highest BCUT2D eigenvalue weighted by Crippen LogP contribution is 2.32. The van der Waals surface area contributed by atoms with E-state index in [1.54, 1.807) is 12.0 Å². The van der Waals surface area contributed by atoms with Crippen LogP contribution in [0.15, 0.2) is 30.5 Å². The van der Waals surface area contributed by atoms with Crippen LogP contribution >= 0.6 is 0 Å². The van der Waals surface area contributed by atoms with E-state index >= 15 is 0 Å². The number of hydrogen-bond acceptors (Lipinski definition) is 4. The van der Waals surface area contributed by atoms with Crippen molar-refractivity contribution < 1.29 is 22.7 Å². The molecule has 2 heterocycles. The van der Waals surface area contributed by atoms with Crippen molar-refractivity contribution >= 4 is 5.91 Å². The molecule has 1 aromatic heterocycles. The van der Waals surface area contributed by atoms with Crippen LogP contribution in [0.4, 0.5) is 13.2 Å². The number of hydrogen-bond donors (Lipinski definition) is 0. The number of likely N-dealkylation sites (tertiary alicyclic amines) is 1. The van der Waals surface area contributed by atoms with Gasteiger partial charge in [0.05, 0.1) is 24.9 Å². The lowest BCUT2D eigenvalue weighted by Gasteiger charge is -2.14. The van der Waals surface area contributed by atoms with Gasteiger partial charge in [0, 0.05) is 26.1 Å². The molecule has 1 atom stereocenters. The van der Waals surface area contributed by atoms with Crippen LogP contribution in [0.25, 0.3) is 0 Å². The predicted molar refractivity (Wildman–Crippen MR) is 86.5 cm³/mol. The first-order chi connectivity index (χ1) is 12.4. The number of ether oxygens (including phenoxy) is 1. The van der Waals surface area contributed by atoms with Crippen molar-refractivity contribution in [2.24, 2.45) is 5.92 Å². The summed E-state index contributed by atoms with van der Waals surface area (Å²) in [6.07, 6.45) is -2.20. The number of methoxy groups -OCH3 is 1. The van der Waals surface area contributed by atoms with Gasteiger partial charge in [-0.25, -0.2) is 4.68 Å². The largest absolute Gasteiger partial charge is 0.416 e. The Hall–Kier alpha value is -2.42. The first-order valence-electron chi connectivity index (χ1n) is 8.22. The zero-order valence-corrected chi connectivity index (χ0v) is 14.2. The van der Waals surface area contributed by atoms with E-state index in [1.165, 1.54) is 29.1 Å². The molecule has 2 aromatic rings. The third-order valence-corrected chi connectivity index (χ3v) is 4.39. The molecule has 0 spiro atoms. The molecule has 0 radical (unpaired) electrons. The summed E-state index contributed by atoms with van der Waals surface area (Å²) in [4.78, 5) is 14.1. The van der Waals surface area contributed by atoms with Gasteiger partial charge in [-0.3, -0.25) is 4.79 Å². The number of nitrogens with zero attached hydrogens (tertiary/aromatic N) is 4. The number of halogens is 3. The molecule has 1 aliphatic rings. The highest BCUT2D eigenvalue weighted by atomic mass is 19.4. The van der Waals surface area contributed by atoms with E-state index in [0.29, 0.717) is 19.7 Å². The molecule has 0 aliphatic carbocycles. The van der Waals surface area contributed by atoms with E-state index in [9.17, 15) is 18.0 Å². The summed E-state index contributed by atoms with van der Waals surface area (Å²) in [5, 5.41) is 7.64. The minimum Gasteiger partial charge on any atom is -0.384 e. The Balaban J connectivity index is 1.70. The quantitative estimate of drug-likeness (QED) is 0.814. The van der Waals surface area contributed by atoms with Crippen molar-refractivity contribution in [3.8, 4) is 0 Å². The molecule has 3 rings (SSSR count). The highest BCUT2D eigenvalue weighted by Gasteiger charge is 2.33. The molecule has 0 N–H and O–H groups in total. The van der Waals surface area contributed by atoms with Crippen molar-refractivity contribution in [3.63, 3.8) is 0 Å². The second-order valence-corrected chi connectivity index (χ2v) is 6.32. The predicted octanol–water partition coefficient (Wildman–Crippen LogP) is 2.45. The SMILES string of the molecule is COC[C@@H]1CCN(C(=O)c2cn(Cc3ccccc3C(F)(F)F)nn2)C1. The van der Waals surface area contributed by atoms with Gasteiger partial charge >= 0.3 is 6.18 Å². The number of rotatable bonds is 5. The maximum Gasteiger partial charge on any atom is 0.416 e. The topological polar surface area (TPSA) is 60.2 Å². The summed E-state index contributed by atoms with van der Waals surface area (Å²) >= 11 is 0. The van der Waals surface area contributed by atoms with Crippen LogP contribution in [0.2, 0.25) is 0 Å². The van der Waals surface area contributed by atoms with Crippen LogP contribution in [0.1, 0.15) is 28.0 Å². The third-order valence-electron chi connectivity index (χ3n) is 4.39. The second-order valence-electron chi connectivity index (χ2n) is 6.32. The van der Waals surface area contributed by atoms with E-state index in [4.69, 9.17) is 4.74 Å². The number of benzene rings is 1. The Kier molecular flexibility index (Phi) is 5.26. The molecule has 140 valence electrons. The molecule has 1 aliphatic heterocycles. The average Bonchev–Trinajstić information content (AvgIpc) is 3.24. The zero-order valence-electron chi connectivity index (χ0n) is 14.2. The van der Waals surface area contributed by atoms with Gasteiger partial charge < -0.3 is 9.64 Å². The van der Waals surface area contributed by atoms with E-state index in [-0.39, 0.29) is 29.6 Å². The van der Waals surface area contributed by atoms with Crippen molar-refractivity contribution in [2.45, 2.75) is 19.1 Å². The number of carbonyl (C=O) groups excluding carboxylic acids is 1. The lowest BCUT2D eigenvalue weighted by atomic mass is 10.1. The standard InChI is InChI=1S/C17H19F3N4O2/c1-26-11-12-6-7-23(8-12)16(25)15-10-24(22-21-15)9-13-4-2-3-5-14(13)17(18,19)20/h2-5,10,12H,6-9,11H2,1H3/t12-/m1/s1. The van der Waals surface area contributed by atoms with Gasteiger partial charge in [0.2, 0.25) is 0 Å². The van der Waals surface area contributed by atoms with Gasteiger partial charge in [-0.15, -0.1) is 5.10 Å². The summed E-state index contributed by atoms with van der Waals surface area (Å²) < 4.78 is 45.6. The lowest BCUT2D eigenvalue weighted by Crippen LogP contribution is -2.29. The van der Waals surface area contributed by atoms with Crippen molar-refractivity contribution in [1.29, 1.82) is 0 Å². The lowest BCUT2D eigenvalue weighted by molar-refractivity contribution is -0.138. The summed E-state index contributed by atoms with van der Waals surface area (Å²) in [6, 6.07) is 5.29. The first-order valence-corrected chi connectivity index (χ1v) is 8.22. The zero-order chi connectivity index (χ0) is 18.7. The van der Waals surface area contributed by atoms with Gasteiger partial charge in [0.1, 0.15) is 0 Å². The minimum atomic E-state index is -4.44. The fourth-order valence-electron chi connectivity index (χ4n) is 3.13. The Labute approximate surface area is 148 Å². The summed E-state index contributed by atoms with van der Waals surface area (Å²) in [5.41, 5.74) is -0.511. The Bertz CT molecular complexity index is 775. The number of amides is 1. The Morgan fingerprint density at radius 1 is 1.35 bits per heavy atom. The highest BCUT2D eigenvalue weighted by molar-refractivity contribution is 5.92. The smallest absolute Gasteiger partial charge is 0.384 e. The molecule has 0 unspecified atom stereocenters. The molecule has 26 heavy (non-hydrogen) atoms. The monoisotopic (exact) mass is 368 g/mol. The summed E-state index contributed by atoms with van der Waals surface area (Å²) in [6.45, 7) is 1.67. The third kappa shape index (κ3) is 4.04. The fourth-order valence-corrected chi connectivity index (χ4v) is 3.13. The Morgan fingerprint density at radius 2 is 2.12 bits per heavy atom. The molecular weight excluding hydrogens is 349 g/mol. The van der Waals surface area contributed by atoms with E-state index in [0.717, 1.165) is 12.5 Å². The van der Waals surface area contributed by atoms with Crippen LogP contribution in [0, 0.1) is 5.92 Å². The van der Waals surface area contributed by atoms with Crippen LogP contribution in [0.5, 0.6) is 0 Å². The van der Waals surface area contributed by atoms with Crippen molar-refractivity contribution in [1.82, 2.24) is 19.9 Å². The number of carbonyl (C=O) groups is 1. The fraction of sp³-hybridized carbons (Fsp3) is 0.471. The molecular formula is C17H19F3N4O2. The van der Waals surface area contributed by atoms with Crippen LogP contribution < -0.4 is 0 Å². The molecule has 1 amide bonds. The van der Waals surface area contributed by atoms with Gasteiger partial charge in [-0.1, -0.05) is 23.4 Å². The maximum atomic E-state index is 13.1. The summed E-state index contributed by atoms with van der Waals surface area (Å²) in [5.74, 6) is 0.0246. The van der Waals surface area contributed by atoms with E-state index < -0.39 is 11.7 Å². The van der Waals surface area contributed by atoms with Crippen LogP contribution in [0.3, 0.4) is 0 Å². The van der Waals surface area contributed by atoms with Gasteiger partial charge in [0.25, 0.3) is 5.91 Å².